The van der Waals surface area contributed by atoms with E-state index in [-0.39, 0.29) is 11.8 Å². The van der Waals surface area contributed by atoms with Gasteiger partial charge in [0.1, 0.15) is 5.82 Å². The maximum Gasteiger partial charge on any atom is 0.257 e. The average Bonchev–Trinajstić information content (AvgIpc) is 3.34. The van der Waals surface area contributed by atoms with Crippen molar-refractivity contribution in [3.05, 3.63) is 41.6 Å². The molecular formula is C23H30N4O4. The Hall–Kier alpha value is -3.29. The van der Waals surface area contributed by atoms with Crippen molar-refractivity contribution in [1.82, 2.24) is 9.88 Å². The molecule has 1 aliphatic rings. The Morgan fingerprint density at radius 3 is 2.26 bits per heavy atom. The first kappa shape index (κ1) is 22.4. The predicted molar refractivity (Wildman–Crippen MR) is 120 cm³/mol. The third kappa shape index (κ3) is 4.90. The molecule has 0 bridgehead atoms. The van der Waals surface area contributed by atoms with E-state index in [0.717, 1.165) is 31.7 Å². The van der Waals surface area contributed by atoms with Gasteiger partial charge in [-0.05, 0) is 44.9 Å². The van der Waals surface area contributed by atoms with Crippen molar-refractivity contribution in [3.63, 3.8) is 0 Å². The summed E-state index contributed by atoms with van der Waals surface area (Å²) in [6.45, 7) is 7.20. The summed E-state index contributed by atoms with van der Waals surface area (Å²) >= 11 is 0. The van der Waals surface area contributed by atoms with E-state index in [1.54, 1.807) is 29.3 Å². The summed E-state index contributed by atoms with van der Waals surface area (Å²) in [6, 6.07) is 6.81. The van der Waals surface area contributed by atoms with E-state index < -0.39 is 0 Å². The Labute approximate surface area is 183 Å². The molecule has 0 saturated carbocycles. The molecule has 1 saturated heterocycles. The Morgan fingerprint density at radius 2 is 1.71 bits per heavy atom. The molecule has 2 heterocycles. The number of hydrogen-bond acceptors (Lipinski definition) is 6. The lowest BCUT2D eigenvalue weighted by Gasteiger charge is -2.20. The van der Waals surface area contributed by atoms with Gasteiger partial charge in [0.05, 0.1) is 31.0 Å². The number of anilines is 2. The zero-order chi connectivity index (χ0) is 22.4. The van der Waals surface area contributed by atoms with Crippen molar-refractivity contribution in [2.24, 2.45) is 0 Å². The minimum Gasteiger partial charge on any atom is -0.493 e. The zero-order valence-electron chi connectivity index (χ0n) is 18.6. The molecule has 0 spiro atoms. The highest BCUT2D eigenvalue weighted by Crippen LogP contribution is 2.34. The molecule has 1 fully saturated rings. The lowest BCUT2D eigenvalue weighted by molar-refractivity contribution is 0.0793. The molecule has 3 rings (SSSR count). The van der Waals surface area contributed by atoms with Gasteiger partial charge in [-0.1, -0.05) is 0 Å². The Kier molecular flexibility index (Phi) is 7.33. The van der Waals surface area contributed by atoms with E-state index in [0.29, 0.717) is 41.4 Å². The van der Waals surface area contributed by atoms with Crippen LogP contribution in [0.5, 0.6) is 11.5 Å². The van der Waals surface area contributed by atoms with Crippen molar-refractivity contribution in [1.29, 1.82) is 0 Å². The highest BCUT2D eigenvalue weighted by atomic mass is 16.5. The van der Waals surface area contributed by atoms with E-state index in [9.17, 15) is 9.59 Å². The molecule has 1 aromatic heterocycles. The van der Waals surface area contributed by atoms with Crippen LogP contribution in [0.4, 0.5) is 11.5 Å². The quantitative estimate of drug-likeness (QED) is 0.696. The molecular weight excluding hydrogens is 396 g/mol. The van der Waals surface area contributed by atoms with Crippen molar-refractivity contribution in [2.45, 2.75) is 26.7 Å². The second kappa shape index (κ2) is 10.1. The number of benzene rings is 1. The first-order valence-corrected chi connectivity index (χ1v) is 10.6. The molecule has 31 heavy (non-hydrogen) atoms. The van der Waals surface area contributed by atoms with Crippen LogP contribution in [0.15, 0.2) is 30.5 Å². The molecule has 0 aliphatic carbocycles. The topological polar surface area (TPSA) is 84.0 Å². The number of hydrogen-bond donors (Lipinski definition) is 1. The van der Waals surface area contributed by atoms with Crippen LogP contribution in [-0.2, 0) is 0 Å². The summed E-state index contributed by atoms with van der Waals surface area (Å²) in [5.41, 5.74) is 1.17. The Balaban J connectivity index is 1.89. The van der Waals surface area contributed by atoms with Crippen LogP contribution in [-0.4, -0.2) is 62.1 Å². The fraction of sp³-hybridized carbons (Fsp3) is 0.435. The molecule has 2 aromatic rings. The van der Waals surface area contributed by atoms with Gasteiger partial charge in [0, 0.05) is 38.4 Å². The third-order valence-corrected chi connectivity index (χ3v) is 5.49. The summed E-state index contributed by atoms with van der Waals surface area (Å²) in [5.74, 6) is 1.21. The summed E-state index contributed by atoms with van der Waals surface area (Å²) in [4.78, 5) is 34.3. The van der Waals surface area contributed by atoms with Gasteiger partial charge in [-0.25, -0.2) is 4.98 Å². The minimum atomic E-state index is -0.346. The number of nitrogens with zero attached hydrogens (tertiary/aromatic N) is 3. The smallest absolute Gasteiger partial charge is 0.257 e. The average molecular weight is 427 g/mol. The second-order valence-electron chi connectivity index (χ2n) is 7.28. The Bertz CT molecular complexity index is 920. The summed E-state index contributed by atoms with van der Waals surface area (Å²) in [7, 11) is 3.03. The number of rotatable bonds is 8. The number of likely N-dealkylation sites (tertiary alicyclic amines) is 1. The molecule has 1 aliphatic heterocycles. The summed E-state index contributed by atoms with van der Waals surface area (Å²) in [5, 5.41) is 2.86. The summed E-state index contributed by atoms with van der Waals surface area (Å²) in [6.07, 6.45) is 3.50. The molecule has 0 unspecified atom stereocenters. The van der Waals surface area contributed by atoms with Crippen LogP contribution in [0.1, 0.15) is 47.4 Å². The lowest BCUT2D eigenvalue weighted by atomic mass is 10.1. The van der Waals surface area contributed by atoms with E-state index in [4.69, 9.17) is 9.47 Å². The zero-order valence-corrected chi connectivity index (χ0v) is 18.6. The number of aromatic nitrogens is 1. The van der Waals surface area contributed by atoms with Crippen LogP contribution < -0.4 is 19.7 Å². The van der Waals surface area contributed by atoms with Gasteiger partial charge >= 0.3 is 0 Å². The number of carbonyl (C=O) groups is 2. The molecule has 0 atom stereocenters. The van der Waals surface area contributed by atoms with Gasteiger partial charge in [0.15, 0.2) is 11.5 Å². The van der Waals surface area contributed by atoms with Gasteiger partial charge in [-0.15, -0.1) is 0 Å². The van der Waals surface area contributed by atoms with E-state index in [1.807, 2.05) is 6.07 Å². The normalized spacial score (nSPS) is 13.1. The monoisotopic (exact) mass is 426 g/mol. The molecule has 0 radical (unpaired) electrons. The molecule has 2 amide bonds. The van der Waals surface area contributed by atoms with Gasteiger partial charge < -0.3 is 24.6 Å². The van der Waals surface area contributed by atoms with Crippen LogP contribution in [0, 0.1) is 0 Å². The lowest BCUT2D eigenvalue weighted by Crippen LogP contribution is -2.29. The maximum atomic E-state index is 13.1. The van der Waals surface area contributed by atoms with Crippen molar-refractivity contribution >= 4 is 23.3 Å². The molecule has 8 heteroatoms. The number of pyridine rings is 1. The van der Waals surface area contributed by atoms with Crippen molar-refractivity contribution in [2.75, 3.05) is 50.6 Å². The number of methoxy groups -OCH3 is 2. The van der Waals surface area contributed by atoms with Crippen LogP contribution in [0.25, 0.3) is 0 Å². The Morgan fingerprint density at radius 1 is 1.06 bits per heavy atom. The van der Waals surface area contributed by atoms with E-state index in [2.05, 4.69) is 29.0 Å². The molecule has 1 N–H and O–H groups in total. The largest absolute Gasteiger partial charge is 0.493 e. The first-order chi connectivity index (χ1) is 15.0. The standard InChI is InChI=1S/C23H30N4O4/c1-5-26(6-2)21-10-9-16(15-24-21)22(28)25-18-14-20(31-4)19(30-3)13-17(18)23(29)27-11-7-8-12-27/h9-10,13-15H,5-8,11-12H2,1-4H3,(H,25,28). The SMILES string of the molecule is CCN(CC)c1ccc(C(=O)Nc2cc(OC)c(OC)cc2C(=O)N2CCCC2)cn1. The summed E-state index contributed by atoms with van der Waals surface area (Å²) < 4.78 is 10.7. The van der Waals surface area contributed by atoms with Crippen LogP contribution in [0.3, 0.4) is 0 Å². The molecule has 1 aromatic carbocycles. The fourth-order valence-corrected chi connectivity index (χ4v) is 3.70. The van der Waals surface area contributed by atoms with Crippen molar-refractivity contribution < 1.29 is 19.1 Å². The molecule has 8 nitrogen and oxygen atoms in total. The van der Waals surface area contributed by atoms with Gasteiger partial charge in [0.2, 0.25) is 0 Å². The number of nitrogens with one attached hydrogen (secondary N) is 1. The van der Waals surface area contributed by atoms with Crippen molar-refractivity contribution in [3.8, 4) is 11.5 Å². The second-order valence-corrected chi connectivity index (χ2v) is 7.28. The predicted octanol–water partition coefficient (Wildman–Crippen LogP) is 3.43. The highest BCUT2D eigenvalue weighted by molar-refractivity contribution is 6.09. The maximum absolute atomic E-state index is 13.1. The first-order valence-electron chi connectivity index (χ1n) is 10.6. The highest BCUT2D eigenvalue weighted by Gasteiger charge is 2.25. The van der Waals surface area contributed by atoms with Crippen LogP contribution in [0.2, 0.25) is 0 Å². The number of amides is 2. The van der Waals surface area contributed by atoms with E-state index in [1.165, 1.54) is 14.2 Å². The molecule has 166 valence electrons. The van der Waals surface area contributed by atoms with Gasteiger partial charge in [0.25, 0.3) is 11.8 Å². The van der Waals surface area contributed by atoms with Gasteiger partial charge in [-0.2, -0.15) is 0 Å². The van der Waals surface area contributed by atoms with E-state index >= 15 is 0 Å². The number of carbonyl (C=O) groups excluding carboxylic acids is 2. The van der Waals surface area contributed by atoms with Gasteiger partial charge in [-0.3, -0.25) is 9.59 Å². The number of ether oxygens (including phenoxy) is 2. The van der Waals surface area contributed by atoms with Crippen LogP contribution >= 0.6 is 0 Å². The fourth-order valence-electron chi connectivity index (χ4n) is 3.70. The minimum absolute atomic E-state index is 0.135. The third-order valence-electron chi connectivity index (χ3n) is 5.49.